The van der Waals surface area contributed by atoms with Crippen molar-refractivity contribution in [3.63, 3.8) is 0 Å². The molecule has 1 saturated carbocycles. The lowest BCUT2D eigenvalue weighted by molar-refractivity contribution is 0.127. The van der Waals surface area contributed by atoms with Gasteiger partial charge in [0.2, 0.25) is 0 Å². The first-order chi connectivity index (χ1) is 5.90. The molecule has 2 N–H and O–H groups in total. The molecule has 1 aliphatic heterocycles. The van der Waals surface area contributed by atoms with Crippen LogP contribution in [0.5, 0.6) is 0 Å². The van der Waals surface area contributed by atoms with E-state index in [4.69, 9.17) is 4.74 Å². The Morgan fingerprint density at radius 2 is 2.67 bits per heavy atom. The minimum Gasteiger partial charge on any atom is -0.376 e. The summed E-state index contributed by atoms with van der Waals surface area (Å²) in [5.41, 5.74) is 0. The second-order valence-electron chi connectivity index (χ2n) is 3.14. The van der Waals surface area contributed by atoms with Crippen LogP contribution >= 0.6 is 0 Å². The zero-order valence-corrected chi connectivity index (χ0v) is 7.34. The molecule has 1 heterocycles. The predicted molar refractivity (Wildman–Crippen MR) is 47.3 cm³/mol. The van der Waals surface area contributed by atoms with Crippen molar-refractivity contribution in [1.29, 1.82) is 0 Å². The third-order valence-electron chi connectivity index (χ3n) is 2.11. The van der Waals surface area contributed by atoms with Crippen molar-refractivity contribution >= 4 is 5.96 Å². The number of aliphatic imine (C=N–C) groups is 1. The van der Waals surface area contributed by atoms with Gasteiger partial charge >= 0.3 is 0 Å². The van der Waals surface area contributed by atoms with Crippen LogP contribution in [-0.4, -0.2) is 37.8 Å². The Labute approximate surface area is 72.4 Å². The third-order valence-corrected chi connectivity index (χ3v) is 2.11. The molecule has 2 atom stereocenters. The summed E-state index contributed by atoms with van der Waals surface area (Å²) in [6.07, 6.45) is 1.54. The third kappa shape index (κ3) is 1.69. The van der Waals surface area contributed by atoms with Gasteiger partial charge in [-0.05, 0) is 13.3 Å². The molecule has 0 radical (unpaired) electrons. The maximum atomic E-state index is 5.43. The quantitative estimate of drug-likeness (QED) is 0.610. The van der Waals surface area contributed by atoms with Gasteiger partial charge in [-0.15, -0.1) is 0 Å². The molecule has 0 spiro atoms. The fourth-order valence-electron chi connectivity index (χ4n) is 1.39. The number of guanidine groups is 1. The number of rotatable bonds is 3. The lowest BCUT2D eigenvalue weighted by Crippen LogP contribution is -2.36. The normalized spacial score (nSPS) is 32.6. The van der Waals surface area contributed by atoms with E-state index in [2.05, 4.69) is 15.6 Å². The van der Waals surface area contributed by atoms with E-state index in [1.165, 1.54) is 0 Å². The van der Waals surface area contributed by atoms with Gasteiger partial charge in [0, 0.05) is 13.2 Å². The van der Waals surface area contributed by atoms with Gasteiger partial charge in [0.15, 0.2) is 5.96 Å². The van der Waals surface area contributed by atoms with Crippen molar-refractivity contribution in [1.82, 2.24) is 10.6 Å². The summed E-state index contributed by atoms with van der Waals surface area (Å²) in [6.45, 7) is 4.70. The predicted octanol–water partition coefficient (Wildman–Crippen LogP) is -0.287. The number of hydrogen-bond donors (Lipinski definition) is 2. The van der Waals surface area contributed by atoms with Crippen molar-refractivity contribution in [2.75, 3.05) is 19.7 Å². The zero-order chi connectivity index (χ0) is 8.39. The van der Waals surface area contributed by atoms with Gasteiger partial charge < -0.3 is 15.4 Å². The van der Waals surface area contributed by atoms with Crippen molar-refractivity contribution < 1.29 is 4.74 Å². The molecule has 0 aromatic rings. The molecular formula is C8H15N3O. The van der Waals surface area contributed by atoms with E-state index < -0.39 is 0 Å². The molecule has 0 amide bonds. The molecule has 0 aromatic heterocycles. The lowest BCUT2D eigenvalue weighted by Gasteiger charge is -2.05. The molecular weight excluding hydrogens is 154 g/mol. The summed E-state index contributed by atoms with van der Waals surface area (Å²) in [6, 6.07) is 0.495. The first-order valence-electron chi connectivity index (χ1n) is 4.56. The molecule has 0 bridgehead atoms. The molecule has 1 aliphatic carbocycles. The average molecular weight is 169 g/mol. The van der Waals surface area contributed by atoms with E-state index >= 15 is 0 Å². The number of ether oxygens (including phenoxy) is 1. The van der Waals surface area contributed by atoms with E-state index in [0.29, 0.717) is 12.1 Å². The molecule has 2 aliphatic rings. The van der Waals surface area contributed by atoms with E-state index in [-0.39, 0.29) is 0 Å². The van der Waals surface area contributed by atoms with E-state index in [0.717, 1.165) is 32.1 Å². The fourth-order valence-corrected chi connectivity index (χ4v) is 1.39. The number of hydrogen-bond acceptors (Lipinski definition) is 4. The summed E-state index contributed by atoms with van der Waals surface area (Å²) in [4.78, 5) is 4.25. The summed E-state index contributed by atoms with van der Waals surface area (Å²) < 4.78 is 5.43. The van der Waals surface area contributed by atoms with E-state index in [1.54, 1.807) is 0 Å². The minimum absolute atomic E-state index is 0.417. The standard InChI is InChI=1S/C8H15N3O/c1-2-12-7-5-6(7)11-8-9-3-4-10-8/h6-7H,2-5H2,1H3,(H2,9,10,11). The van der Waals surface area contributed by atoms with Crippen LogP contribution in [0.15, 0.2) is 4.99 Å². The zero-order valence-electron chi connectivity index (χ0n) is 7.34. The van der Waals surface area contributed by atoms with Crippen LogP contribution in [0.1, 0.15) is 13.3 Å². The van der Waals surface area contributed by atoms with Crippen LogP contribution in [0.2, 0.25) is 0 Å². The van der Waals surface area contributed by atoms with Crippen molar-refractivity contribution in [2.45, 2.75) is 25.5 Å². The SMILES string of the molecule is CCOC1CC1NC1=NCCN1. The van der Waals surface area contributed by atoms with Gasteiger partial charge in [0.05, 0.1) is 18.7 Å². The minimum atomic E-state index is 0.417. The first-order valence-corrected chi connectivity index (χ1v) is 4.56. The Morgan fingerprint density at radius 1 is 1.75 bits per heavy atom. The molecule has 4 nitrogen and oxygen atoms in total. The molecule has 0 aromatic carbocycles. The molecule has 68 valence electrons. The van der Waals surface area contributed by atoms with Gasteiger partial charge in [-0.2, -0.15) is 0 Å². The van der Waals surface area contributed by atoms with Crippen LogP contribution in [0.25, 0.3) is 0 Å². The molecule has 2 rings (SSSR count). The number of nitrogens with one attached hydrogen (secondary N) is 2. The highest BCUT2D eigenvalue weighted by Crippen LogP contribution is 2.24. The van der Waals surface area contributed by atoms with Crippen LogP contribution in [0.4, 0.5) is 0 Å². The van der Waals surface area contributed by atoms with Gasteiger partial charge in [0.25, 0.3) is 0 Å². The van der Waals surface area contributed by atoms with Crippen LogP contribution in [0, 0.1) is 0 Å². The van der Waals surface area contributed by atoms with Crippen molar-refractivity contribution in [2.24, 2.45) is 4.99 Å². The highest BCUT2D eigenvalue weighted by atomic mass is 16.5. The highest BCUT2D eigenvalue weighted by molar-refractivity contribution is 5.81. The summed E-state index contributed by atoms with van der Waals surface area (Å²) >= 11 is 0. The Bertz CT molecular complexity index is 193. The van der Waals surface area contributed by atoms with Crippen LogP contribution in [0.3, 0.4) is 0 Å². The summed E-state index contributed by atoms with van der Waals surface area (Å²) in [7, 11) is 0. The van der Waals surface area contributed by atoms with Gasteiger partial charge in [0.1, 0.15) is 0 Å². The van der Waals surface area contributed by atoms with E-state index in [9.17, 15) is 0 Å². The van der Waals surface area contributed by atoms with Gasteiger partial charge in [-0.25, -0.2) is 0 Å². The summed E-state index contributed by atoms with van der Waals surface area (Å²) in [5, 5.41) is 6.48. The van der Waals surface area contributed by atoms with Gasteiger partial charge in [-0.1, -0.05) is 0 Å². The summed E-state index contributed by atoms with van der Waals surface area (Å²) in [5.74, 6) is 0.946. The van der Waals surface area contributed by atoms with Crippen molar-refractivity contribution in [3.8, 4) is 0 Å². The first kappa shape index (κ1) is 7.86. The van der Waals surface area contributed by atoms with Gasteiger partial charge in [-0.3, -0.25) is 4.99 Å². The maximum Gasteiger partial charge on any atom is 0.191 e. The maximum absolute atomic E-state index is 5.43. The smallest absolute Gasteiger partial charge is 0.191 e. The van der Waals surface area contributed by atoms with Crippen LogP contribution < -0.4 is 10.6 Å². The van der Waals surface area contributed by atoms with E-state index in [1.807, 2.05) is 6.92 Å². The Kier molecular flexibility index (Phi) is 2.17. The Hall–Kier alpha value is -0.770. The molecule has 1 fully saturated rings. The van der Waals surface area contributed by atoms with Crippen molar-refractivity contribution in [3.05, 3.63) is 0 Å². The lowest BCUT2D eigenvalue weighted by atomic mass is 10.6. The molecule has 4 heteroatoms. The fraction of sp³-hybridized carbons (Fsp3) is 0.875. The number of nitrogens with zero attached hydrogens (tertiary/aromatic N) is 1. The second-order valence-corrected chi connectivity index (χ2v) is 3.14. The molecule has 12 heavy (non-hydrogen) atoms. The second kappa shape index (κ2) is 3.31. The largest absolute Gasteiger partial charge is 0.376 e. The van der Waals surface area contributed by atoms with Crippen LogP contribution in [-0.2, 0) is 4.74 Å². The average Bonchev–Trinajstić information content (AvgIpc) is 2.62. The Morgan fingerprint density at radius 3 is 3.33 bits per heavy atom. The monoisotopic (exact) mass is 169 g/mol. The molecule has 2 unspecified atom stereocenters. The Balaban J connectivity index is 1.69. The molecule has 0 saturated heterocycles. The topological polar surface area (TPSA) is 45.6 Å². The highest BCUT2D eigenvalue weighted by Gasteiger charge is 2.38.